The summed E-state index contributed by atoms with van der Waals surface area (Å²) in [5, 5.41) is 3.21. The van der Waals surface area contributed by atoms with Crippen molar-refractivity contribution in [3.63, 3.8) is 0 Å². The monoisotopic (exact) mass is 333 g/mol. The minimum Gasteiger partial charge on any atom is -0.481 e. The van der Waals surface area contributed by atoms with Crippen molar-refractivity contribution in [3.05, 3.63) is 12.3 Å². The molecule has 2 aliphatic heterocycles. The maximum Gasteiger partial charge on any atom is 0.228 e. The van der Waals surface area contributed by atoms with Crippen LogP contribution in [0.2, 0.25) is 0 Å². The first-order valence-electron chi connectivity index (χ1n) is 8.80. The molecular formula is C17H27N5O2. The zero-order valence-corrected chi connectivity index (χ0v) is 14.6. The molecule has 7 heteroatoms. The van der Waals surface area contributed by atoms with Gasteiger partial charge in [-0.25, -0.2) is 4.98 Å². The van der Waals surface area contributed by atoms with Crippen molar-refractivity contribution in [3.8, 4) is 5.88 Å². The quantitative estimate of drug-likeness (QED) is 0.864. The number of nitrogens with zero attached hydrogens (tertiary/aromatic N) is 4. The molecular weight excluding hydrogens is 306 g/mol. The molecule has 3 rings (SSSR count). The Morgan fingerprint density at radius 2 is 2.12 bits per heavy atom. The third-order valence-corrected chi connectivity index (χ3v) is 5.05. The van der Waals surface area contributed by atoms with Crippen LogP contribution in [-0.4, -0.2) is 67.2 Å². The normalized spacial score (nSPS) is 22.0. The van der Waals surface area contributed by atoms with Gasteiger partial charge in [-0.3, -0.25) is 4.79 Å². The van der Waals surface area contributed by atoms with Gasteiger partial charge >= 0.3 is 0 Å². The summed E-state index contributed by atoms with van der Waals surface area (Å²) < 4.78 is 5.16. The van der Waals surface area contributed by atoms with Crippen LogP contribution in [0.25, 0.3) is 0 Å². The van der Waals surface area contributed by atoms with E-state index in [0.717, 1.165) is 51.9 Å². The van der Waals surface area contributed by atoms with E-state index in [2.05, 4.69) is 25.1 Å². The lowest BCUT2D eigenvalue weighted by Crippen LogP contribution is -2.47. The number of likely N-dealkylation sites (tertiary alicyclic amines) is 1. The number of carbonyl (C=O) groups excluding carboxylic acids is 1. The molecule has 2 aliphatic rings. The molecule has 1 N–H and O–H groups in total. The number of methoxy groups -OCH3 is 1. The highest BCUT2D eigenvalue weighted by Gasteiger charge is 2.34. The smallest absolute Gasteiger partial charge is 0.228 e. The topological polar surface area (TPSA) is 70.6 Å². The standard InChI is InChI=1S/C17H27N5O2/c1-18-12-14-4-3-9-22(14)16(23)13-6-10-21(11-7-13)17-19-8-5-15(20-17)24-2/h5,8,13-14,18H,3-4,6-7,9-12H2,1-2H3/t14-/m1/s1. The summed E-state index contributed by atoms with van der Waals surface area (Å²) >= 11 is 0. The number of ether oxygens (including phenoxy) is 1. The first-order valence-corrected chi connectivity index (χ1v) is 8.80. The molecule has 0 saturated carbocycles. The van der Waals surface area contributed by atoms with Crippen LogP contribution in [-0.2, 0) is 4.79 Å². The number of hydrogen-bond acceptors (Lipinski definition) is 6. The fraction of sp³-hybridized carbons (Fsp3) is 0.706. The van der Waals surface area contributed by atoms with Crippen LogP contribution in [0.5, 0.6) is 5.88 Å². The molecule has 0 radical (unpaired) electrons. The van der Waals surface area contributed by atoms with Gasteiger partial charge in [0.25, 0.3) is 0 Å². The van der Waals surface area contributed by atoms with Crippen molar-refractivity contribution in [2.24, 2.45) is 5.92 Å². The molecule has 0 bridgehead atoms. The maximum atomic E-state index is 12.9. The van der Waals surface area contributed by atoms with Gasteiger partial charge in [-0.15, -0.1) is 0 Å². The Morgan fingerprint density at radius 1 is 1.33 bits per heavy atom. The van der Waals surface area contributed by atoms with E-state index in [1.807, 2.05) is 7.05 Å². The number of rotatable bonds is 5. The fourth-order valence-corrected chi connectivity index (χ4v) is 3.73. The lowest BCUT2D eigenvalue weighted by molar-refractivity contribution is -0.136. The molecule has 1 atom stereocenters. The highest BCUT2D eigenvalue weighted by atomic mass is 16.5. The van der Waals surface area contributed by atoms with Gasteiger partial charge in [0, 0.05) is 50.4 Å². The largest absolute Gasteiger partial charge is 0.481 e. The van der Waals surface area contributed by atoms with E-state index in [0.29, 0.717) is 23.8 Å². The average Bonchev–Trinajstić information content (AvgIpc) is 3.10. The number of piperidine rings is 1. The molecule has 0 aromatic carbocycles. The maximum absolute atomic E-state index is 12.9. The van der Waals surface area contributed by atoms with Crippen LogP contribution in [0.1, 0.15) is 25.7 Å². The molecule has 1 aromatic rings. The minimum absolute atomic E-state index is 0.129. The van der Waals surface area contributed by atoms with Gasteiger partial charge in [-0.2, -0.15) is 4.98 Å². The highest BCUT2D eigenvalue weighted by molar-refractivity contribution is 5.79. The molecule has 2 fully saturated rings. The molecule has 24 heavy (non-hydrogen) atoms. The van der Waals surface area contributed by atoms with E-state index >= 15 is 0 Å². The minimum atomic E-state index is 0.129. The molecule has 7 nitrogen and oxygen atoms in total. The van der Waals surface area contributed by atoms with Gasteiger partial charge in [-0.05, 0) is 32.7 Å². The first kappa shape index (κ1) is 17.0. The van der Waals surface area contributed by atoms with Crippen LogP contribution in [0, 0.1) is 5.92 Å². The van der Waals surface area contributed by atoms with Crippen molar-refractivity contribution in [1.82, 2.24) is 20.2 Å². The SMILES string of the molecule is CNC[C@H]1CCCN1C(=O)C1CCN(c2nccc(OC)n2)CC1. The summed E-state index contributed by atoms with van der Waals surface area (Å²) in [6, 6.07) is 2.11. The van der Waals surface area contributed by atoms with Crippen molar-refractivity contribution < 1.29 is 9.53 Å². The molecule has 1 amide bonds. The van der Waals surface area contributed by atoms with Crippen molar-refractivity contribution in [2.45, 2.75) is 31.7 Å². The molecule has 0 spiro atoms. The molecule has 3 heterocycles. The fourth-order valence-electron chi connectivity index (χ4n) is 3.73. The molecule has 2 saturated heterocycles. The summed E-state index contributed by atoms with van der Waals surface area (Å²) in [6.07, 6.45) is 5.67. The van der Waals surface area contributed by atoms with E-state index in [1.54, 1.807) is 19.4 Å². The van der Waals surface area contributed by atoms with Crippen LogP contribution < -0.4 is 15.0 Å². The number of anilines is 1. The number of nitrogens with one attached hydrogen (secondary N) is 1. The van der Waals surface area contributed by atoms with Crippen molar-refractivity contribution >= 4 is 11.9 Å². The van der Waals surface area contributed by atoms with Gasteiger partial charge < -0.3 is 19.9 Å². The van der Waals surface area contributed by atoms with Gasteiger partial charge in [0.05, 0.1) is 7.11 Å². The number of aromatic nitrogens is 2. The Morgan fingerprint density at radius 3 is 2.83 bits per heavy atom. The van der Waals surface area contributed by atoms with E-state index in [9.17, 15) is 4.79 Å². The lowest BCUT2D eigenvalue weighted by Gasteiger charge is -2.35. The van der Waals surface area contributed by atoms with Gasteiger partial charge in [0.2, 0.25) is 17.7 Å². The second kappa shape index (κ2) is 7.79. The zero-order chi connectivity index (χ0) is 16.9. The van der Waals surface area contributed by atoms with Crippen molar-refractivity contribution in [2.75, 3.05) is 45.2 Å². The van der Waals surface area contributed by atoms with Crippen LogP contribution in [0.3, 0.4) is 0 Å². The van der Waals surface area contributed by atoms with Crippen LogP contribution in [0.15, 0.2) is 12.3 Å². The molecule has 1 aromatic heterocycles. The highest BCUT2D eigenvalue weighted by Crippen LogP contribution is 2.26. The lowest BCUT2D eigenvalue weighted by atomic mass is 9.95. The third-order valence-electron chi connectivity index (χ3n) is 5.05. The number of likely N-dealkylation sites (N-methyl/N-ethyl adjacent to an activating group) is 1. The first-order chi connectivity index (χ1) is 11.7. The second-order valence-electron chi connectivity index (χ2n) is 6.55. The van der Waals surface area contributed by atoms with Gasteiger partial charge in [0.15, 0.2) is 0 Å². The summed E-state index contributed by atoms with van der Waals surface area (Å²) in [6.45, 7) is 3.43. The van der Waals surface area contributed by atoms with E-state index < -0.39 is 0 Å². The summed E-state index contributed by atoms with van der Waals surface area (Å²) in [5.74, 6) is 1.72. The summed E-state index contributed by atoms with van der Waals surface area (Å²) in [4.78, 5) is 25.8. The van der Waals surface area contributed by atoms with Gasteiger partial charge in [0.1, 0.15) is 0 Å². The predicted molar refractivity (Wildman–Crippen MR) is 92.2 cm³/mol. The number of amides is 1. The molecule has 0 unspecified atom stereocenters. The predicted octanol–water partition coefficient (Wildman–Crippen LogP) is 0.912. The Balaban J connectivity index is 1.57. The Labute approximate surface area is 143 Å². The Kier molecular flexibility index (Phi) is 5.50. The number of carbonyl (C=O) groups is 1. The summed E-state index contributed by atoms with van der Waals surface area (Å²) in [5.41, 5.74) is 0. The molecule has 132 valence electrons. The zero-order valence-electron chi connectivity index (χ0n) is 14.6. The van der Waals surface area contributed by atoms with E-state index in [1.165, 1.54) is 0 Å². The van der Waals surface area contributed by atoms with E-state index in [4.69, 9.17) is 4.74 Å². The molecule has 0 aliphatic carbocycles. The number of hydrogen-bond donors (Lipinski definition) is 1. The Hall–Kier alpha value is -1.89. The van der Waals surface area contributed by atoms with Crippen LogP contribution in [0.4, 0.5) is 5.95 Å². The van der Waals surface area contributed by atoms with Crippen molar-refractivity contribution in [1.29, 1.82) is 0 Å². The van der Waals surface area contributed by atoms with Crippen LogP contribution >= 0.6 is 0 Å². The summed E-state index contributed by atoms with van der Waals surface area (Å²) in [7, 11) is 3.56. The average molecular weight is 333 g/mol. The van der Waals surface area contributed by atoms with Gasteiger partial charge in [-0.1, -0.05) is 0 Å². The third kappa shape index (κ3) is 3.61. The second-order valence-corrected chi connectivity index (χ2v) is 6.55. The Bertz CT molecular complexity index is 560. The van der Waals surface area contributed by atoms with E-state index in [-0.39, 0.29) is 5.92 Å².